The van der Waals surface area contributed by atoms with E-state index >= 15 is 0 Å². The molecule has 0 amide bonds. The summed E-state index contributed by atoms with van der Waals surface area (Å²) < 4.78 is 0. The summed E-state index contributed by atoms with van der Waals surface area (Å²) >= 11 is 1.73. The highest BCUT2D eigenvalue weighted by atomic mass is 32.1. The normalized spacial score (nSPS) is 23.3. The molecular weight excluding hydrogens is 306 g/mol. The van der Waals surface area contributed by atoms with Gasteiger partial charge in [0.2, 0.25) is 0 Å². The highest BCUT2D eigenvalue weighted by Gasteiger charge is 2.24. The zero-order chi connectivity index (χ0) is 16.0. The van der Waals surface area contributed by atoms with Crippen molar-refractivity contribution in [3.8, 4) is 0 Å². The summed E-state index contributed by atoms with van der Waals surface area (Å²) in [5.41, 5.74) is 1.32. The van der Waals surface area contributed by atoms with Gasteiger partial charge in [-0.15, -0.1) is 11.3 Å². The van der Waals surface area contributed by atoms with E-state index in [1.54, 1.807) is 11.3 Å². The van der Waals surface area contributed by atoms with E-state index in [1.807, 2.05) is 0 Å². The summed E-state index contributed by atoms with van der Waals surface area (Å²) in [6, 6.07) is 0.677. The van der Waals surface area contributed by atoms with Crippen LogP contribution in [0.1, 0.15) is 68.3 Å². The number of nitrogens with one attached hydrogen (secondary N) is 2. The SMILES string of the molecule is C[C@H]1CCc2c(sc3nc([C@H](C)NC4CCCC4)[nH]c(=O)c23)C1. The Morgan fingerprint density at radius 1 is 1.30 bits per heavy atom. The number of thiophene rings is 1. The van der Waals surface area contributed by atoms with Crippen molar-refractivity contribution in [2.24, 2.45) is 5.92 Å². The van der Waals surface area contributed by atoms with Gasteiger partial charge in [0.15, 0.2) is 0 Å². The van der Waals surface area contributed by atoms with Crippen molar-refractivity contribution in [2.75, 3.05) is 0 Å². The molecule has 0 radical (unpaired) electrons. The van der Waals surface area contributed by atoms with Gasteiger partial charge in [-0.2, -0.15) is 0 Å². The highest BCUT2D eigenvalue weighted by Crippen LogP contribution is 2.35. The molecule has 0 unspecified atom stereocenters. The van der Waals surface area contributed by atoms with Gasteiger partial charge in [-0.05, 0) is 50.5 Å². The topological polar surface area (TPSA) is 57.8 Å². The molecule has 5 heteroatoms. The second-order valence-electron chi connectivity index (χ2n) is 7.35. The molecule has 0 aromatic carbocycles. The minimum atomic E-state index is 0.0529. The number of rotatable bonds is 3. The van der Waals surface area contributed by atoms with Gasteiger partial charge < -0.3 is 10.3 Å². The van der Waals surface area contributed by atoms with Crippen LogP contribution >= 0.6 is 11.3 Å². The number of hydrogen-bond acceptors (Lipinski definition) is 4. The summed E-state index contributed by atoms with van der Waals surface area (Å²) in [5.74, 6) is 1.51. The van der Waals surface area contributed by atoms with E-state index in [1.165, 1.54) is 42.5 Å². The van der Waals surface area contributed by atoms with Crippen molar-refractivity contribution in [2.45, 2.75) is 70.9 Å². The molecule has 124 valence electrons. The van der Waals surface area contributed by atoms with Crippen LogP contribution in [0.4, 0.5) is 0 Å². The number of fused-ring (bicyclic) bond motifs is 3. The van der Waals surface area contributed by atoms with E-state index in [-0.39, 0.29) is 11.6 Å². The lowest BCUT2D eigenvalue weighted by Crippen LogP contribution is -2.31. The van der Waals surface area contributed by atoms with Gasteiger partial charge in [0.25, 0.3) is 5.56 Å². The Kier molecular flexibility index (Phi) is 4.01. The molecule has 0 saturated heterocycles. The van der Waals surface area contributed by atoms with E-state index in [4.69, 9.17) is 4.98 Å². The average Bonchev–Trinajstić information content (AvgIpc) is 3.13. The van der Waals surface area contributed by atoms with E-state index in [9.17, 15) is 4.79 Å². The van der Waals surface area contributed by atoms with Crippen LogP contribution in [-0.2, 0) is 12.8 Å². The first kappa shape index (κ1) is 15.3. The van der Waals surface area contributed by atoms with E-state index in [0.29, 0.717) is 6.04 Å². The fourth-order valence-electron chi connectivity index (χ4n) is 4.10. The second kappa shape index (κ2) is 6.02. The highest BCUT2D eigenvalue weighted by molar-refractivity contribution is 7.18. The molecule has 2 atom stereocenters. The maximum atomic E-state index is 12.6. The summed E-state index contributed by atoms with van der Waals surface area (Å²) in [4.78, 5) is 22.8. The smallest absolute Gasteiger partial charge is 0.259 e. The van der Waals surface area contributed by atoms with E-state index < -0.39 is 0 Å². The molecule has 1 fully saturated rings. The maximum absolute atomic E-state index is 12.6. The van der Waals surface area contributed by atoms with Crippen LogP contribution in [0.15, 0.2) is 4.79 Å². The maximum Gasteiger partial charge on any atom is 0.259 e. The van der Waals surface area contributed by atoms with E-state index in [2.05, 4.69) is 24.1 Å². The third kappa shape index (κ3) is 2.85. The van der Waals surface area contributed by atoms with Gasteiger partial charge in [-0.1, -0.05) is 19.8 Å². The van der Waals surface area contributed by atoms with Crippen LogP contribution in [-0.4, -0.2) is 16.0 Å². The predicted octanol–water partition coefficient (Wildman–Crippen LogP) is 3.70. The fourth-order valence-corrected chi connectivity index (χ4v) is 5.49. The van der Waals surface area contributed by atoms with Gasteiger partial charge in [0.1, 0.15) is 10.7 Å². The quantitative estimate of drug-likeness (QED) is 0.901. The van der Waals surface area contributed by atoms with Crippen molar-refractivity contribution < 1.29 is 0 Å². The first-order valence-electron chi connectivity index (χ1n) is 8.92. The number of aromatic nitrogens is 2. The molecule has 2 aliphatic rings. The molecule has 2 aromatic rings. The lowest BCUT2D eigenvalue weighted by Gasteiger charge is -2.18. The number of H-pyrrole nitrogens is 1. The van der Waals surface area contributed by atoms with Gasteiger partial charge in [0, 0.05) is 10.9 Å². The zero-order valence-electron chi connectivity index (χ0n) is 13.9. The monoisotopic (exact) mass is 331 g/mol. The van der Waals surface area contributed by atoms with Crippen molar-refractivity contribution >= 4 is 21.6 Å². The third-order valence-corrected chi connectivity index (χ3v) is 6.58. The lowest BCUT2D eigenvalue weighted by atomic mass is 9.89. The lowest BCUT2D eigenvalue weighted by molar-refractivity contribution is 0.447. The van der Waals surface area contributed by atoms with Gasteiger partial charge in [-0.25, -0.2) is 4.98 Å². The molecule has 2 heterocycles. The molecule has 0 aliphatic heterocycles. The standard InChI is InChI=1S/C18H25N3OS/c1-10-7-8-13-14(9-10)23-18-15(13)17(22)20-16(21-18)11(2)19-12-5-3-4-6-12/h10-12,19H,3-9H2,1-2H3,(H,20,21,22)/t10-,11-/m0/s1. The molecule has 0 bridgehead atoms. The Labute approximate surface area is 140 Å². The molecule has 2 aliphatic carbocycles. The predicted molar refractivity (Wildman–Crippen MR) is 95.2 cm³/mol. The Morgan fingerprint density at radius 3 is 2.87 bits per heavy atom. The van der Waals surface area contributed by atoms with E-state index in [0.717, 1.165) is 34.8 Å². The van der Waals surface area contributed by atoms with Crippen molar-refractivity contribution in [3.63, 3.8) is 0 Å². The Hall–Kier alpha value is -1.20. The second-order valence-corrected chi connectivity index (χ2v) is 8.44. The first-order valence-corrected chi connectivity index (χ1v) is 9.74. The molecule has 23 heavy (non-hydrogen) atoms. The van der Waals surface area contributed by atoms with Crippen LogP contribution in [0.2, 0.25) is 0 Å². The minimum Gasteiger partial charge on any atom is -0.309 e. The molecular formula is C18H25N3OS. The van der Waals surface area contributed by atoms with Crippen molar-refractivity contribution in [1.82, 2.24) is 15.3 Å². The number of hydrogen-bond donors (Lipinski definition) is 2. The van der Waals surface area contributed by atoms with Crippen LogP contribution in [0.25, 0.3) is 10.2 Å². The molecule has 2 aromatic heterocycles. The van der Waals surface area contributed by atoms with Crippen LogP contribution in [0, 0.1) is 5.92 Å². The summed E-state index contributed by atoms with van der Waals surface area (Å²) in [5, 5.41) is 4.48. The van der Waals surface area contributed by atoms with Crippen LogP contribution in [0.5, 0.6) is 0 Å². The minimum absolute atomic E-state index is 0.0529. The third-order valence-electron chi connectivity index (χ3n) is 5.43. The zero-order valence-corrected chi connectivity index (χ0v) is 14.8. The fraction of sp³-hybridized carbons (Fsp3) is 0.667. The largest absolute Gasteiger partial charge is 0.309 e. The van der Waals surface area contributed by atoms with Crippen LogP contribution < -0.4 is 10.9 Å². The van der Waals surface area contributed by atoms with Gasteiger partial charge in [-0.3, -0.25) is 4.79 Å². The Balaban J connectivity index is 1.68. The van der Waals surface area contributed by atoms with Crippen molar-refractivity contribution in [1.29, 1.82) is 0 Å². The Morgan fingerprint density at radius 2 is 2.09 bits per heavy atom. The number of nitrogens with zero attached hydrogens (tertiary/aromatic N) is 1. The molecule has 2 N–H and O–H groups in total. The summed E-state index contributed by atoms with van der Waals surface area (Å²) in [6.45, 7) is 4.40. The number of aromatic amines is 1. The van der Waals surface area contributed by atoms with Crippen molar-refractivity contribution in [3.05, 3.63) is 26.6 Å². The number of aryl methyl sites for hydroxylation is 1. The first-order chi connectivity index (χ1) is 11.1. The van der Waals surface area contributed by atoms with Gasteiger partial charge >= 0.3 is 0 Å². The summed E-state index contributed by atoms with van der Waals surface area (Å²) in [7, 11) is 0. The molecule has 4 rings (SSSR count). The molecule has 4 nitrogen and oxygen atoms in total. The average molecular weight is 331 g/mol. The molecule has 0 spiro atoms. The Bertz CT molecular complexity index is 772. The van der Waals surface area contributed by atoms with Gasteiger partial charge in [0.05, 0.1) is 11.4 Å². The molecule has 1 saturated carbocycles. The van der Waals surface area contributed by atoms with Crippen LogP contribution in [0.3, 0.4) is 0 Å². The summed E-state index contributed by atoms with van der Waals surface area (Å²) in [6.07, 6.45) is 8.40.